The fourth-order valence-electron chi connectivity index (χ4n) is 1.31. The van der Waals surface area contributed by atoms with Crippen LogP contribution in [-0.2, 0) is 4.79 Å². The van der Waals surface area contributed by atoms with E-state index < -0.39 is 0 Å². The molecule has 0 bridgehead atoms. The molecule has 1 fully saturated rings. The van der Waals surface area contributed by atoms with Crippen molar-refractivity contribution in [1.29, 1.82) is 0 Å². The van der Waals surface area contributed by atoms with Gasteiger partial charge in [-0.3, -0.25) is 4.79 Å². The first-order chi connectivity index (χ1) is 6.75. The van der Waals surface area contributed by atoms with Crippen LogP contribution in [0.3, 0.4) is 0 Å². The molecule has 0 radical (unpaired) electrons. The number of carbonyl (C=O) groups is 1. The quantitative estimate of drug-likeness (QED) is 0.598. The Morgan fingerprint density at radius 2 is 2.29 bits per heavy atom. The highest BCUT2D eigenvalue weighted by Crippen LogP contribution is 2.13. The zero-order valence-corrected chi connectivity index (χ0v) is 7.56. The Labute approximate surface area is 80.3 Å². The molecule has 2 heterocycles. The van der Waals surface area contributed by atoms with Crippen molar-refractivity contribution < 1.29 is 9.21 Å². The summed E-state index contributed by atoms with van der Waals surface area (Å²) in [5.74, 6) is 0.0417. The van der Waals surface area contributed by atoms with Crippen LogP contribution in [-0.4, -0.2) is 35.7 Å². The van der Waals surface area contributed by atoms with Crippen molar-refractivity contribution in [3.63, 3.8) is 0 Å². The number of hydrogen-bond acceptors (Lipinski definition) is 6. The first-order valence-electron chi connectivity index (χ1n) is 4.36. The number of anilines is 2. The van der Waals surface area contributed by atoms with Crippen LogP contribution < -0.4 is 16.0 Å². The lowest BCUT2D eigenvalue weighted by Crippen LogP contribution is -2.28. The van der Waals surface area contributed by atoms with Crippen molar-refractivity contribution in [2.45, 2.75) is 6.42 Å². The number of nitrogens with two attached hydrogens (primary N) is 1. The Bertz CT molecular complexity index is 337. The molecule has 1 aliphatic heterocycles. The lowest BCUT2D eigenvalue weighted by atomic mass is 10.4. The van der Waals surface area contributed by atoms with Gasteiger partial charge in [0.2, 0.25) is 5.91 Å². The number of rotatable bonds is 1. The summed E-state index contributed by atoms with van der Waals surface area (Å²) in [5.41, 5.74) is 5.30. The topological polar surface area (TPSA) is 97.3 Å². The van der Waals surface area contributed by atoms with Gasteiger partial charge < -0.3 is 20.4 Å². The van der Waals surface area contributed by atoms with Crippen LogP contribution in [0.2, 0.25) is 0 Å². The van der Waals surface area contributed by atoms with E-state index in [2.05, 4.69) is 15.5 Å². The molecule has 7 nitrogen and oxygen atoms in total. The highest BCUT2D eigenvalue weighted by Gasteiger charge is 2.17. The predicted octanol–water partition coefficient (Wildman–Crippen LogP) is -1.02. The van der Waals surface area contributed by atoms with Gasteiger partial charge in [-0.1, -0.05) is 10.2 Å². The van der Waals surface area contributed by atoms with Gasteiger partial charge in [-0.05, 0) is 0 Å². The van der Waals surface area contributed by atoms with Crippen LogP contribution in [0.25, 0.3) is 0 Å². The SMILES string of the molecule is Nc1nnc(N2CCNC(=O)CC2)o1. The highest BCUT2D eigenvalue weighted by molar-refractivity contribution is 5.76. The van der Waals surface area contributed by atoms with Crippen molar-refractivity contribution in [1.82, 2.24) is 15.5 Å². The van der Waals surface area contributed by atoms with E-state index in [9.17, 15) is 4.79 Å². The first-order valence-corrected chi connectivity index (χ1v) is 4.36. The van der Waals surface area contributed by atoms with E-state index in [4.69, 9.17) is 10.2 Å². The number of nitrogens with zero attached hydrogens (tertiary/aromatic N) is 3. The summed E-state index contributed by atoms with van der Waals surface area (Å²) < 4.78 is 5.06. The molecule has 0 aromatic carbocycles. The molecule has 0 saturated carbocycles. The third-order valence-corrected chi connectivity index (χ3v) is 2.01. The molecule has 1 aromatic heterocycles. The molecule has 1 amide bonds. The van der Waals surface area contributed by atoms with E-state index in [0.29, 0.717) is 32.1 Å². The largest absolute Gasteiger partial charge is 0.390 e. The van der Waals surface area contributed by atoms with E-state index in [1.807, 2.05) is 4.90 Å². The van der Waals surface area contributed by atoms with E-state index in [1.54, 1.807) is 0 Å². The van der Waals surface area contributed by atoms with Crippen molar-refractivity contribution in [2.24, 2.45) is 0 Å². The van der Waals surface area contributed by atoms with Crippen LogP contribution in [0.4, 0.5) is 12.0 Å². The maximum atomic E-state index is 11.0. The number of carbonyl (C=O) groups excluding carboxylic acids is 1. The molecule has 1 aliphatic rings. The first kappa shape index (κ1) is 8.79. The van der Waals surface area contributed by atoms with Crippen LogP contribution >= 0.6 is 0 Å². The normalized spacial score (nSPS) is 17.7. The van der Waals surface area contributed by atoms with E-state index in [1.165, 1.54) is 0 Å². The predicted molar refractivity (Wildman–Crippen MR) is 48.6 cm³/mol. The molecular weight excluding hydrogens is 186 g/mol. The maximum absolute atomic E-state index is 11.0. The molecule has 0 spiro atoms. The summed E-state index contributed by atoms with van der Waals surface area (Å²) in [4.78, 5) is 12.9. The lowest BCUT2D eigenvalue weighted by Gasteiger charge is -2.15. The molecule has 3 N–H and O–H groups in total. The summed E-state index contributed by atoms with van der Waals surface area (Å²) >= 11 is 0. The van der Waals surface area contributed by atoms with E-state index in [-0.39, 0.29) is 11.9 Å². The summed E-state index contributed by atoms with van der Waals surface area (Å²) in [7, 11) is 0. The highest BCUT2D eigenvalue weighted by atomic mass is 16.4. The Morgan fingerprint density at radius 3 is 3.00 bits per heavy atom. The van der Waals surface area contributed by atoms with Gasteiger partial charge in [0.15, 0.2) is 0 Å². The Morgan fingerprint density at radius 1 is 1.43 bits per heavy atom. The smallest absolute Gasteiger partial charge is 0.319 e. The standard InChI is InChI=1S/C7H11N5O2/c8-6-10-11-7(14-6)12-3-1-5(13)9-2-4-12/h1-4H2,(H2,8,10)(H,9,13). The number of hydrogen-bond donors (Lipinski definition) is 2. The second-order valence-corrected chi connectivity index (χ2v) is 3.01. The fraction of sp³-hybridized carbons (Fsp3) is 0.571. The minimum Gasteiger partial charge on any atom is -0.390 e. The third-order valence-electron chi connectivity index (χ3n) is 2.01. The Kier molecular flexibility index (Phi) is 2.21. The number of nitrogen functional groups attached to an aromatic ring is 1. The molecular formula is C7H11N5O2. The molecule has 0 aliphatic carbocycles. The molecule has 1 aromatic rings. The van der Waals surface area contributed by atoms with Crippen LogP contribution in [0.1, 0.15) is 6.42 Å². The zero-order valence-electron chi connectivity index (χ0n) is 7.56. The fourth-order valence-corrected chi connectivity index (χ4v) is 1.31. The molecule has 0 unspecified atom stereocenters. The van der Waals surface area contributed by atoms with Gasteiger partial charge in [0, 0.05) is 26.1 Å². The monoisotopic (exact) mass is 197 g/mol. The van der Waals surface area contributed by atoms with Gasteiger partial charge in [-0.15, -0.1) is 0 Å². The van der Waals surface area contributed by atoms with Gasteiger partial charge in [-0.25, -0.2) is 0 Å². The average Bonchev–Trinajstić information content (AvgIpc) is 2.46. The summed E-state index contributed by atoms with van der Waals surface area (Å²) in [5, 5.41) is 10.1. The molecule has 76 valence electrons. The van der Waals surface area contributed by atoms with Gasteiger partial charge in [0.1, 0.15) is 0 Å². The summed E-state index contributed by atoms with van der Waals surface area (Å²) in [6.07, 6.45) is 0.433. The summed E-state index contributed by atoms with van der Waals surface area (Å²) in [6.45, 7) is 1.82. The van der Waals surface area contributed by atoms with Crippen molar-refractivity contribution >= 4 is 17.9 Å². The number of nitrogens with one attached hydrogen (secondary N) is 1. The lowest BCUT2D eigenvalue weighted by molar-refractivity contribution is -0.120. The third kappa shape index (κ3) is 1.76. The van der Waals surface area contributed by atoms with Gasteiger partial charge in [0.25, 0.3) is 0 Å². The number of aromatic nitrogens is 2. The second-order valence-electron chi connectivity index (χ2n) is 3.01. The molecule has 1 saturated heterocycles. The minimum atomic E-state index is 0.0417. The summed E-state index contributed by atoms with van der Waals surface area (Å²) in [6, 6.07) is 0.419. The molecule has 0 atom stereocenters. The minimum absolute atomic E-state index is 0.0417. The van der Waals surface area contributed by atoms with Crippen LogP contribution in [0, 0.1) is 0 Å². The molecule has 14 heavy (non-hydrogen) atoms. The number of amides is 1. The van der Waals surface area contributed by atoms with E-state index in [0.717, 1.165) is 0 Å². The zero-order chi connectivity index (χ0) is 9.97. The molecule has 7 heteroatoms. The van der Waals surface area contributed by atoms with Crippen molar-refractivity contribution in [2.75, 3.05) is 30.3 Å². The van der Waals surface area contributed by atoms with Gasteiger partial charge in [-0.2, -0.15) is 0 Å². The van der Waals surface area contributed by atoms with Crippen molar-refractivity contribution in [3.05, 3.63) is 0 Å². The van der Waals surface area contributed by atoms with Gasteiger partial charge in [0.05, 0.1) is 0 Å². The second kappa shape index (κ2) is 3.52. The van der Waals surface area contributed by atoms with E-state index >= 15 is 0 Å². The molecule has 2 rings (SSSR count). The average molecular weight is 197 g/mol. The van der Waals surface area contributed by atoms with Crippen LogP contribution in [0.15, 0.2) is 4.42 Å². The van der Waals surface area contributed by atoms with Crippen LogP contribution in [0.5, 0.6) is 0 Å². The Hall–Kier alpha value is -1.79. The Balaban J connectivity index is 2.07. The van der Waals surface area contributed by atoms with Crippen molar-refractivity contribution in [3.8, 4) is 0 Å². The van der Waals surface area contributed by atoms with Gasteiger partial charge >= 0.3 is 12.0 Å². The maximum Gasteiger partial charge on any atom is 0.319 e.